The van der Waals surface area contributed by atoms with E-state index in [0.29, 0.717) is 13.0 Å². The minimum Gasteiger partial charge on any atom is -0.457 e. The van der Waals surface area contributed by atoms with E-state index in [1.807, 2.05) is 0 Å². The van der Waals surface area contributed by atoms with Crippen LogP contribution in [0.15, 0.2) is 48.6 Å². The molecule has 6 unspecified atom stereocenters. The summed E-state index contributed by atoms with van der Waals surface area (Å²) >= 11 is 0. The van der Waals surface area contributed by atoms with Gasteiger partial charge >= 0.3 is 16.4 Å². The van der Waals surface area contributed by atoms with Crippen molar-refractivity contribution in [1.82, 2.24) is 0 Å². The number of rotatable bonds is 46. The van der Waals surface area contributed by atoms with Crippen LogP contribution in [-0.4, -0.2) is 97.5 Å². The Morgan fingerprint density at radius 1 is 0.576 bits per heavy atom. The molecule has 0 saturated carbocycles. The Morgan fingerprint density at radius 2 is 1.00 bits per heavy atom. The minimum atomic E-state index is -5.07. The van der Waals surface area contributed by atoms with E-state index in [0.717, 1.165) is 64.2 Å². The van der Waals surface area contributed by atoms with Crippen molar-refractivity contribution in [2.24, 2.45) is 0 Å². The molecule has 0 amide bonds. The van der Waals surface area contributed by atoms with Crippen LogP contribution in [0.3, 0.4) is 0 Å². The highest BCUT2D eigenvalue weighted by molar-refractivity contribution is 7.80. The Morgan fingerprint density at radius 3 is 1.47 bits per heavy atom. The smallest absolute Gasteiger partial charge is 0.397 e. The molecule has 4 N–H and O–H groups in total. The Hall–Kier alpha value is -1.94. The van der Waals surface area contributed by atoms with Gasteiger partial charge in [0.2, 0.25) is 0 Å². The first-order valence-electron chi connectivity index (χ1n) is 26.4. The van der Waals surface area contributed by atoms with Crippen molar-refractivity contribution in [3.63, 3.8) is 0 Å². The Labute approximate surface area is 402 Å². The zero-order chi connectivity index (χ0) is 48.2. The standard InChI is InChI=1S/C53H96O12S/c1-3-5-7-9-11-13-15-17-19-21-23-24-25-26-28-30-32-34-36-38-40-42-49(55)63-47(46-62-53-51(57)52(65-66(58,59)60)50(56)48(44-54)64-53)45-61-43-41-39-37-35-33-31-29-27-22-20-18-16-14-12-10-8-6-4-2/h12,14-15,17-18,20-21,23,47-48,50-54,56-57H,3-11,13,16,19,22,24-46H2,1-2H3,(H,58,59,60)/b14-12-,17-15-,20-18-,23-21-. The van der Waals surface area contributed by atoms with E-state index in [4.69, 9.17) is 18.9 Å². The maximum absolute atomic E-state index is 12.9. The summed E-state index contributed by atoms with van der Waals surface area (Å²) in [5, 5.41) is 30.8. The summed E-state index contributed by atoms with van der Waals surface area (Å²) in [4.78, 5) is 12.9. The highest BCUT2D eigenvalue weighted by Gasteiger charge is 2.48. The maximum atomic E-state index is 12.9. The van der Waals surface area contributed by atoms with Gasteiger partial charge in [-0.1, -0.05) is 184 Å². The molecule has 0 aromatic rings. The van der Waals surface area contributed by atoms with Crippen molar-refractivity contribution in [2.45, 2.75) is 256 Å². The first-order valence-corrected chi connectivity index (χ1v) is 27.8. The summed E-state index contributed by atoms with van der Waals surface area (Å²) in [6.07, 6.45) is 45.6. The van der Waals surface area contributed by atoms with Gasteiger partial charge in [-0.25, -0.2) is 4.18 Å². The van der Waals surface area contributed by atoms with Crippen LogP contribution in [0.5, 0.6) is 0 Å². The number of ether oxygens (including phenoxy) is 4. The van der Waals surface area contributed by atoms with E-state index >= 15 is 0 Å². The van der Waals surface area contributed by atoms with Crippen LogP contribution in [0.1, 0.15) is 219 Å². The molecule has 0 aliphatic carbocycles. The molecule has 0 radical (unpaired) electrons. The topological polar surface area (TPSA) is 178 Å². The Balaban J connectivity index is 2.36. The average molecular weight is 957 g/mol. The van der Waals surface area contributed by atoms with Crippen molar-refractivity contribution in [2.75, 3.05) is 26.4 Å². The van der Waals surface area contributed by atoms with E-state index in [-0.39, 0.29) is 19.6 Å². The van der Waals surface area contributed by atoms with Gasteiger partial charge < -0.3 is 34.3 Å². The molecule has 1 heterocycles. The second-order valence-corrected chi connectivity index (χ2v) is 19.2. The predicted octanol–water partition coefficient (Wildman–Crippen LogP) is 12.3. The summed E-state index contributed by atoms with van der Waals surface area (Å²) < 4.78 is 59.3. The molecule has 0 spiro atoms. The van der Waals surface area contributed by atoms with Gasteiger partial charge in [0.05, 0.1) is 19.8 Å². The third kappa shape index (κ3) is 37.0. The Bertz CT molecular complexity index is 1340. The van der Waals surface area contributed by atoms with Crippen LogP contribution < -0.4 is 0 Å². The minimum absolute atomic E-state index is 0.0299. The molecule has 1 aliphatic heterocycles. The predicted molar refractivity (Wildman–Crippen MR) is 266 cm³/mol. The van der Waals surface area contributed by atoms with Crippen LogP contribution in [0.2, 0.25) is 0 Å². The quantitative estimate of drug-likeness (QED) is 0.0197. The van der Waals surface area contributed by atoms with Gasteiger partial charge in [0, 0.05) is 13.0 Å². The number of hydrogen-bond acceptors (Lipinski definition) is 11. The molecule has 1 rings (SSSR count). The molecule has 66 heavy (non-hydrogen) atoms. The summed E-state index contributed by atoms with van der Waals surface area (Å²) in [6, 6.07) is 0. The molecule has 386 valence electrons. The summed E-state index contributed by atoms with van der Waals surface area (Å²) in [7, 11) is -5.07. The van der Waals surface area contributed by atoms with Crippen LogP contribution in [0.25, 0.3) is 0 Å². The van der Waals surface area contributed by atoms with Crippen LogP contribution >= 0.6 is 0 Å². The zero-order valence-corrected chi connectivity index (χ0v) is 42.3. The SMILES string of the molecule is CCCCC/C=C\C/C=C\CCCCCCCCCCOCC(COC1OC(CO)C(O)C(OS(=O)(=O)O)C1O)OC(=O)CCCCCCCCCCC/C=C\C/C=C\CCCCCCC. The van der Waals surface area contributed by atoms with E-state index in [2.05, 4.69) is 66.6 Å². The number of hydrogen-bond donors (Lipinski definition) is 4. The molecular formula is C53H96O12S. The lowest BCUT2D eigenvalue weighted by Gasteiger charge is -2.41. The Kier molecular flexibility index (Phi) is 41.6. The number of unbranched alkanes of at least 4 members (excludes halogenated alkanes) is 25. The van der Waals surface area contributed by atoms with Crippen molar-refractivity contribution in [1.29, 1.82) is 0 Å². The third-order valence-electron chi connectivity index (χ3n) is 11.9. The average Bonchev–Trinajstić information content (AvgIpc) is 3.29. The fraction of sp³-hybridized carbons (Fsp3) is 0.830. The molecule has 0 aromatic carbocycles. The molecule has 0 aromatic heterocycles. The van der Waals surface area contributed by atoms with E-state index < -0.39 is 59.8 Å². The number of carbonyl (C=O) groups excluding carboxylic acids is 1. The molecule has 1 fully saturated rings. The lowest BCUT2D eigenvalue weighted by Crippen LogP contribution is -2.60. The first kappa shape index (κ1) is 62.1. The number of aliphatic hydroxyl groups excluding tert-OH is 3. The van der Waals surface area contributed by atoms with Gasteiger partial charge in [-0.3, -0.25) is 9.35 Å². The van der Waals surface area contributed by atoms with E-state index in [1.54, 1.807) is 0 Å². The highest BCUT2D eigenvalue weighted by atomic mass is 32.3. The number of carbonyl (C=O) groups is 1. The summed E-state index contributed by atoms with van der Waals surface area (Å²) in [5.41, 5.74) is 0. The molecule has 12 nitrogen and oxygen atoms in total. The fourth-order valence-corrected chi connectivity index (χ4v) is 8.42. The lowest BCUT2D eigenvalue weighted by atomic mass is 9.99. The van der Waals surface area contributed by atoms with Gasteiger partial charge in [-0.05, 0) is 77.0 Å². The van der Waals surface area contributed by atoms with Crippen molar-refractivity contribution < 1.29 is 56.2 Å². The number of esters is 1. The normalized spacial score (nSPS) is 19.9. The fourth-order valence-electron chi connectivity index (χ4n) is 7.91. The molecule has 6 atom stereocenters. The maximum Gasteiger partial charge on any atom is 0.397 e. The second kappa shape index (κ2) is 44.3. The van der Waals surface area contributed by atoms with Crippen LogP contribution in [0.4, 0.5) is 0 Å². The third-order valence-corrected chi connectivity index (χ3v) is 12.4. The molecule has 13 heteroatoms. The van der Waals surface area contributed by atoms with Gasteiger partial charge in [0.1, 0.15) is 30.5 Å². The molecule has 0 bridgehead atoms. The van der Waals surface area contributed by atoms with Gasteiger partial charge in [0.25, 0.3) is 0 Å². The molecule has 1 saturated heterocycles. The van der Waals surface area contributed by atoms with Gasteiger partial charge in [0.15, 0.2) is 6.29 Å². The number of aliphatic hydroxyl groups is 3. The van der Waals surface area contributed by atoms with Crippen molar-refractivity contribution in [3.05, 3.63) is 48.6 Å². The second-order valence-electron chi connectivity index (χ2n) is 18.1. The van der Waals surface area contributed by atoms with E-state index in [1.165, 1.54) is 128 Å². The lowest BCUT2D eigenvalue weighted by molar-refractivity contribution is -0.301. The highest BCUT2D eigenvalue weighted by Crippen LogP contribution is 2.26. The monoisotopic (exact) mass is 957 g/mol. The summed E-state index contributed by atoms with van der Waals surface area (Å²) in [6.45, 7) is 3.96. The first-order chi connectivity index (χ1) is 32.1. The van der Waals surface area contributed by atoms with E-state index in [9.17, 15) is 33.1 Å². The largest absolute Gasteiger partial charge is 0.457 e. The van der Waals surface area contributed by atoms with Gasteiger partial charge in [-0.15, -0.1) is 0 Å². The summed E-state index contributed by atoms with van der Waals surface area (Å²) in [5.74, 6) is -0.405. The molecule has 1 aliphatic rings. The van der Waals surface area contributed by atoms with Crippen LogP contribution in [-0.2, 0) is 38.3 Å². The van der Waals surface area contributed by atoms with Crippen molar-refractivity contribution in [3.8, 4) is 0 Å². The van der Waals surface area contributed by atoms with Gasteiger partial charge in [-0.2, -0.15) is 8.42 Å². The zero-order valence-electron chi connectivity index (χ0n) is 41.5. The molecular weight excluding hydrogens is 861 g/mol. The number of allylic oxidation sites excluding steroid dienone is 8. The van der Waals surface area contributed by atoms with Crippen molar-refractivity contribution >= 4 is 16.4 Å². The van der Waals surface area contributed by atoms with Crippen LogP contribution in [0, 0.1) is 0 Å².